The van der Waals surface area contributed by atoms with Gasteiger partial charge >= 0.3 is 0 Å². The number of hydrogen-bond acceptors (Lipinski definition) is 2. The van der Waals surface area contributed by atoms with E-state index in [4.69, 9.17) is 5.26 Å². The van der Waals surface area contributed by atoms with Crippen LogP contribution in [0.3, 0.4) is 0 Å². The molecule has 1 atom stereocenters. The summed E-state index contributed by atoms with van der Waals surface area (Å²) in [5.74, 6) is 0. The molecule has 0 amide bonds. The van der Waals surface area contributed by atoms with Crippen LogP contribution in [0.25, 0.3) is 0 Å². The quantitative estimate of drug-likeness (QED) is 0.561. The Balaban J connectivity index is 3.46. The topological polar surface area (TPSA) is 35.8 Å². The van der Waals surface area contributed by atoms with Gasteiger partial charge < -0.3 is 0 Å². The van der Waals surface area contributed by atoms with Crippen molar-refractivity contribution in [2.45, 2.75) is 6.04 Å². The minimum absolute atomic E-state index is 0.247. The lowest BCUT2D eigenvalue weighted by Crippen LogP contribution is -2.24. The molecule has 9 heavy (non-hydrogen) atoms. The van der Waals surface area contributed by atoms with E-state index in [1.54, 1.807) is 12.2 Å². The van der Waals surface area contributed by atoms with Crippen LogP contribution in [0, 0.1) is 11.3 Å². The van der Waals surface area contributed by atoms with E-state index < -0.39 is 0 Å². The summed E-state index contributed by atoms with van der Waals surface area (Å²) < 4.78 is 0. The molecule has 0 aromatic carbocycles. The zero-order valence-corrected chi connectivity index (χ0v) is 5.30. The van der Waals surface area contributed by atoms with Crippen LogP contribution in [0.2, 0.25) is 0 Å². The van der Waals surface area contributed by atoms with Crippen molar-refractivity contribution in [1.82, 2.24) is 5.32 Å². The fourth-order valence-electron chi connectivity index (χ4n) is 0.392. The molecule has 0 heterocycles. The number of nitrogens with zero attached hydrogens (tertiary/aromatic N) is 1. The number of nitrogens with one attached hydrogen (secondary N) is 1. The summed E-state index contributed by atoms with van der Waals surface area (Å²) in [5, 5.41) is 11.2. The molecule has 0 rings (SSSR count). The molecule has 0 aliphatic heterocycles. The maximum Gasteiger partial charge on any atom is 0.114 e. The predicted octanol–water partition coefficient (Wildman–Crippen LogP) is 0.840. The van der Waals surface area contributed by atoms with E-state index in [0.717, 1.165) is 0 Å². The van der Waals surface area contributed by atoms with Gasteiger partial charge in [0.1, 0.15) is 6.04 Å². The van der Waals surface area contributed by atoms with Crippen LogP contribution in [-0.4, -0.2) is 12.6 Å². The van der Waals surface area contributed by atoms with E-state index in [9.17, 15) is 0 Å². The number of rotatable bonds is 4. The van der Waals surface area contributed by atoms with Crippen LogP contribution in [-0.2, 0) is 0 Å². The van der Waals surface area contributed by atoms with Gasteiger partial charge in [0.05, 0.1) is 6.07 Å². The summed E-state index contributed by atoms with van der Waals surface area (Å²) in [6.07, 6.45) is 3.26. The Hall–Kier alpha value is -1.07. The lowest BCUT2D eigenvalue weighted by molar-refractivity contribution is 0.749. The molecule has 0 radical (unpaired) electrons. The first-order valence-electron chi connectivity index (χ1n) is 2.71. The molecule has 0 aliphatic carbocycles. The van der Waals surface area contributed by atoms with Crippen molar-refractivity contribution >= 4 is 0 Å². The predicted molar refractivity (Wildman–Crippen MR) is 37.8 cm³/mol. The van der Waals surface area contributed by atoms with Crippen molar-refractivity contribution in [2.24, 2.45) is 0 Å². The van der Waals surface area contributed by atoms with Crippen molar-refractivity contribution in [3.05, 3.63) is 25.3 Å². The highest BCUT2D eigenvalue weighted by Gasteiger charge is 1.94. The third-order valence-corrected chi connectivity index (χ3v) is 0.857. The molecule has 0 saturated heterocycles. The second-order valence-corrected chi connectivity index (χ2v) is 1.54. The third kappa shape index (κ3) is 3.51. The molecule has 0 aromatic heterocycles. The highest BCUT2D eigenvalue weighted by atomic mass is 14.9. The van der Waals surface area contributed by atoms with Crippen LogP contribution < -0.4 is 5.32 Å². The van der Waals surface area contributed by atoms with Crippen molar-refractivity contribution in [3.63, 3.8) is 0 Å². The molecule has 0 bridgehead atoms. The SMILES string of the molecule is C=CCNC(C#N)C=C. The van der Waals surface area contributed by atoms with Crippen molar-refractivity contribution in [2.75, 3.05) is 6.54 Å². The monoisotopic (exact) mass is 122 g/mol. The van der Waals surface area contributed by atoms with Gasteiger partial charge in [-0.25, -0.2) is 0 Å². The fraction of sp³-hybridized carbons (Fsp3) is 0.286. The van der Waals surface area contributed by atoms with E-state index in [-0.39, 0.29) is 6.04 Å². The van der Waals surface area contributed by atoms with Crippen molar-refractivity contribution < 1.29 is 0 Å². The standard InChI is InChI=1S/C7H10N2/c1-3-5-9-7(4-2)6-8/h3-4,7,9H,1-2,5H2. The number of nitriles is 1. The van der Waals surface area contributed by atoms with Gasteiger partial charge in [0.2, 0.25) is 0 Å². The second-order valence-electron chi connectivity index (χ2n) is 1.54. The van der Waals surface area contributed by atoms with Crippen LogP contribution in [0.5, 0.6) is 0 Å². The molecule has 48 valence electrons. The normalized spacial score (nSPS) is 11.4. The minimum Gasteiger partial charge on any atom is -0.295 e. The van der Waals surface area contributed by atoms with Crippen LogP contribution >= 0.6 is 0 Å². The van der Waals surface area contributed by atoms with Gasteiger partial charge in [0.15, 0.2) is 0 Å². The average Bonchev–Trinajstić information content (AvgIpc) is 1.91. The first-order chi connectivity index (χ1) is 4.35. The molecule has 2 nitrogen and oxygen atoms in total. The summed E-state index contributed by atoms with van der Waals surface area (Å²) in [6, 6.07) is 1.76. The summed E-state index contributed by atoms with van der Waals surface area (Å²) in [7, 11) is 0. The van der Waals surface area contributed by atoms with Crippen LogP contribution in [0.15, 0.2) is 25.3 Å². The van der Waals surface area contributed by atoms with Gasteiger partial charge in [-0.1, -0.05) is 12.2 Å². The molecule has 2 heteroatoms. The zero-order chi connectivity index (χ0) is 7.11. The summed E-state index contributed by atoms with van der Waals surface area (Å²) in [6.45, 7) is 7.60. The highest BCUT2D eigenvalue weighted by Crippen LogP contribution is 1.78. The molecule has 1 N–H and O–H groups in total. The maximum absolute atomic E-state index is 8.33. The van der Waals surface area contributed by atoms with Crippen LogP contribution in [0.4, 0.5) is 0 Å². The second kappa shape index (κ2) is 5.07. The molecule has 0 aliphatic rings. The van der Waals surface area contributed by atoms with Gasteiger partial charge in [-0.2, -0.15) is 5.26 Å². The largest absolute Gasteiger partial charge is 0.295 e. The Morgan fingerprint density at radius 2 is 2.33 bits per heavy atom. The molecule has 0 spiro atoms. The lowest BCUT2D eigenvalue weighted by Gasteiger charge is -2.00. The zero-order valence-electron chi connectivity index (χ0n) is 5.30. The third-order valence-electron chi connectivity index (χ3n) is 0.857. The molecule has 0 saturated carbocycles. The average molecular weight is 122 g/mol. The first kappa shape index (κ1) is 7.93. The summed E-state index contributed by atoms with van der Waals surface area (Å²) in [4.78, 5) is 0. The maximum atomic E-state index is 8.33. The molecule has 1 unspecified atom stereocenters. The van der Waals surface area contributed by atoms with Gasteiger partial charge in [-0.05, 0) is 0 Å². The fourth-order valence-corrected chi connectivity index (χ4v) is 0.392. The van der Waals surface area contributed by atoms with E-state index in [1.807, 2.05) is 6.07 Å². The van der Waals surface area contributed by atoms with Gasteiger partial charge in [0, 0.05) is 6.54 Å². The van der Waals surface area contributed by atoms with Gasteiger partial charge in [-0.15, -0.1) is 13.2 Å². The minimum atomic E-state index is -0.247. The van der Waals surface area contributed by atoms with Gasteiger partial charge in [-0.3, -0.25) is 5.32 Å². The van der Waals surface area contributed by atoms with E-state index in [0.29, 0.717) is 6.54 Å². The van der Waals surface area contributed by atoms with E-state index in [2.05, 4.69) is 18.5 Å². The smallest absolute Gasteiger partial charge is 0.114 e. The Kier molecular flexibility index (Phi) is 4.47. The molecular formula is C7H10N2. The van der Waals surface area contributed by atoms with Crippen molar-refractivity contribution in [3.8, 4) is 6.07 Å². The lowest BCUT2D eigenvalue weighted by atomic mass is 10.3. The molecule has 0 fully saturated rings. The Morgan fingerprint density at radius 3 is 2.67 bits per heavy atom. The first-order valence-corrected chi connectivity index (χ1v) is 2.71. The van der Waals surface area contributed by atoms with Gasteiger partial charge in [0.25, 0.3) is 0 Å². The van der Waals surface area contributed by atoms with Crippen LogP contribution in [0.1, 0.15) is 0 Å². The molecule has 0 aromatic rings. The van der Waals surface area contributed by atoms with E-state index >= 15 is 0 Å². The number of hydrogen-bond donors (Lipinski definition) is 1. The summed E-state index contributed by atoms with van der Waals surface area (Å²) in [5.41, 5.74) is 0. The van der Waals surface area contributed by atoms with Crippen molar-refractivity contribution in [1.29, 1.82) is 5.26 Å². The Bertz CT molecular complexity index is 132. The molecular weight excluding hydrogens is 112 g/mol. The van der Waals surface area contributed by atoms with E-state index in [1.165, 1.54) is 0 Å². The Morgan fingerprint density at radius 1 is 1.67 bits per heavy atom. The Labute approximate surface area is 55.5 Å². The highest BCUT2D eigenvalue weighted by molar-refractivity contribution is 5.02. The summed E-state index contributed by atoms with van der Waals surface area (Å²) >= 11 is 0.